The SMILES string of the molecule is COc1ccc(C(=O)N2CCN(C3CCNC3)CC2)c(OC)c1. The predicted molar refractivity (Wildman–Crippen MR) is 88.3 cm³/mol. The van der Waals surface area contributed by atoms with Crippen LogP contribution in [0.2, 0.25) is 0 Å². The summed E-state index contributed by atoms with van der Waals surface area (Å²) in [6, 6.07) is 5.97. The van der Waals surface area contributed by atoms with Crippen LogP contribution in [0.3, 0.4) is 0 Å². The summed E-state index contributed by atoms with van der Waals surface area (Å²) in [5.41, 5.74) is 0.601. The van der Waals surface area contributed by atoms with Gasteiger partial charge in [0.1, 0.15) is 11.5 Å². The average Bonchev–Trinajstić information content (AvgIpc) is 3.15. The summed E-state index contributed by atoms with van der Waals surface area (Å²) >= 11 is 0. The van der Waals surface area contributed by atoms with E-state index in [1.807, 2.05) is 4.90 Å². The zero-order chi connectivity index (χ0) is 16.2. The van der Waals surface area contributed by atoms with Gasteiger partial charge in [-0.1, -0.05) is 0 Å². The molecular weight excluding hydrogens is 294 g/mol. The number of methoxy groups -OCH3 is 2. The summed E-state index contributed by atoms with van der Waals surface area (Å²) in [6.45, 7) is 5.59. The maximum Gasteiger partial charge on any atom is 0.257 e. The minimum absolute atomic E-state index is 0.0358. The molecule has 0 aliphatic carbocycles. The largest absolute Gasteiger partial charge is 0.497 e. The van der Waals surface area contributed by atoms with Gasteiger partial charge in [0.2, 0.25) is 0 Å². The Labute approximate surface area is 137 Å². The summed E-state index contributed by atoms with van der Waals surface area (Å²) in [6.07, 6.45) is 1.21. The first-order valence-corrected chi connectivity index (χ1v) is 8.19. The number of carbonyl (C=O) groups is 1. The van der Waals surface area contributed by atoms with Crippen molar-refractivity contribution in [2.45, 2.75) is 12.5 Å². The number of benzene rings is 1. The van der Waals surface area contributed by atoms with E-state index in [1.165, 1.54) is 6.42 Å². The van der Waals surface area contributed by atoms with E-state index in [1.54, 1.807) is 32.4 Å². The van der Waals surface area contributed by atoms with Gasteiger partial charge in [-0.05, 0) is 25.1 Å². The van der Waals surface area contributed by atoms with Crippen LogP contribution >= 0.6 is 0 Å². The summed E-state index contributed by atoms with van der Waals surface area (Å²) < 4.78 is 10.5. The number of nitrogens with one attached hydrogen (secondary N) is 1. The molecular formula is C17H25N3O3. The highest BCUT2D eigenvalue weighted by Crippen LogP contribution is 2.26. The highest BCUT2D eigenvalue weighted by atomic mass is 16.5. The van der Waals surface area contributed by atoms with Crippen molar-refractivity contribution in [1.29, 1.82) is 0 Å². The summed E-state index contributed by atoms with van der Waals surface area (Å²) in [5, 5.41) is 3.40. The number of hydrogen-bond acceptors (Lipinski definition) is 5. The Kier molecular flexibility index (Phi) is 5.03. The Morgan fingerprint density at radius 2 is 1.96 bits per heavy atom. The molecule has 6 nitrogen and oxygen atoms in total. The Hall–Kier alpha value is -1.79. The highest BCUT2D eigenvalue weighted by Gasteiger charge is 2.29. The minimum Gasteiger partial charge on any atom is -0.497 e. The lowest BCUT2D eigenvalue weighted by atomic mass is 10.1. The standard InChI is InChI=1S/C17H25N3O3/c1-22-14-3-4-15(16(11-14)23-2)17(21)20-9-7-19(8-10-20)13-5-6-18-12-13/h3-4,11,13,18H,5-10,12H2,1-2H3. The number of rotatable bonds is 4. The average molecular weight is 319 g/mol. The number of amides is 1. The molecule has 0 aromatic heterocycles. The molecule has 6 heteroatoms. The van der Waals surface area contributed by atoms with E-state index in [9.17, 15) is 4.79 Å². The van der Waals surface area contributed by atoms with E-state index in [2.05, 4.69) is 10.2 Å². The van der Waals surface area contributed by atoms with Crippen molar-refractivity contribution in [1.82, 2.24) is 15.1 Å². The van der Waals surface area contributed by atoms with Gasteiger partial charge in [-0.3, -0.25) is 9.69 Å². The van der Waals surface area contributed by atoms with Gasteiger partial charge in [0.25, 0.3) is 5.91 Å². The van der Waals surface area contributed by atoms with E-state index >= 15 is 0 Å². The molecule has 1 aromatic carbocycles. The van der Waals surface area contributed by atoms with Gasteiger partial charge in [0.05, 0.1) is 19.8 Å². The van der Waals surface area contributed by atoms with E-state index in [0.717, 1.165) is 39.3 Å². The van der Waals surface area contributed by atoms with Crippen molar-refractivity contribution >= 4 is 5.91 Å². The predicted octanol–water partition coefficient (Wildman–Crippen LogP) is 0.824. The van der Waals surface area contributed by atoms with Crippen LogP contribution in [0.1, 0.15) is 16.8 Å². The van der Waals surface area contributed by atoms with Crippen LogP contribution in [0.4, 0.5) is 0 Å². The monoisotopic (exact) mass is 319 g/mol. The molecule has 2 aliphatic rings. The Morgan fingerprint density at radius 1 is 1.17 bits per heavy atom. The Balaban J connectivity index is 1.65. The topological polar surface area (TPSA) is 54.0 Å². The van der Waals surface area contributed by atoms with E-state index in [-0.39, 0.29) is 5.91 Å². The fourth-order valence-corrected chi connectivity index (χ4v) is 3.39. The lowest BCUT2D eigenvalue weighted by molar-refractivity contribution is 0.0581. The van der Waals surface area contributed by atoms with Crippen molar-refractivity contribution in [3.8, 4) is 11.5 Å². The molecule has 1 aromatic rings. The van der Waals surface area contributed by atoms with E-state index < -0.39 is 0 Å². The zero-order valence-corrected chi connectivity index (χ0v) is 13.9. The number of piperazine rings is 1. The number of carbonyl (C=O) groups excluding carboxylic acids is 1. The van der Waals surface area contributed by atoms with Gasteiger partial charge < -0.3 is 19.7 Å². The fraction of sp³-hybridized carbons (Fsp3) is 0.588. The summed E-state index contributed by atoms with van der Waals surface area (Å²) in [4.78, 5) is 17.2. The van der Waals surface area contributed by atoms with Crippen LogP contribution in [-0.2, 0) is 0 Å². The van der Waals surface area contributed by atoms with Crippen LogP contribution in [0.15, 0.2) is 18.2 Å². The molecule has 1 atom stereocenters. The second-order valence-electron chi connectivity index (χ2n) is 6.04. The van der Waals surface area contributed by atoms with E-state index in [0.29, 0.717) is 23.1 Å². The molecule has 3 rings (SSSR count). The molecule has 126 valence electrons. The summed E-state index contributed by atoms with van der Waals surface area (Å²) in [5.74, 6) is 1.29. The Morgan fingerprint density at radius 3 is 2.57 bits per heavy atom. The normalized spacial score (nSPS) is 22.2. The molecule has 23 heavy (non-hydrogen) atoms. The van der Waals surface area contributed by atoms with Crippen LogP contribution in [0.5, 0.6) is 11.5 Å². The van der Waals surface area contributed by atoms with Crippen LogP contribution in [0, 0.1) is 0 Å². The lowest BCUT2D eigenvalue weighted by Crippen LogP contribution is -2.52. The van der Waals surface area contributed by atoms with Crippen molar-refractivity contribution in [2.75, 3.05) is 53.5 Å². The smallest absolute Gasteiger partial charge is 0.257 e. The van der Waals surface area contributed by atoms with Gasteiger partial charge >= 0.3 is 0 Å². The van der Waals surface area contributed by atoms with Gasteiger partial charge in [-0.15, -0.1) is 0 Å². The molecule has 1 unspecified atom stereocenters. The van der Waals surface area contributed by atoms with Gasteiger partial charge in [-0.2, -0.15) is 0 Å². The lowest BCUT2D eigenvalue weighted by Gasteiger charge is -2.38. The third-order valence-electron chi connectivity index (χ3n) is 4.79. The van der Waals surface area contributed by atoms with Crippen LogP contribution in [0.25, 0.3) is 0 Å². The van der Waals surface area contributed by atoms with Crippen LogP contribution in [-0.4, -0.2) is 75.2 Å². The molecule has 1 amide bonds. The molecule has 1 N–H and O–H groups in total. The number of hydrogen-bond donors (Lipinski definition) is 1. The van der Waals surface area contributed by atoms with Gasteiger partial charge in [-0.25, -0.2) is 0 Å². The third kappa shape index (κ3) is 3.43. The quantitative estimate of drug-likeness (QED) is 0.891. The molecule has 2 saturated heterocycles. The molecule has 2 aliphatic heterocycles. The zero-order valence-electron chi connectivity index (χ0n) is 13.9. The number of ether oxygens (including phenoxy) is 2. The molecule has 2 fully saturated rings. The van der Waals surface area contributed by atoms with Gasteiger partial charge in [0, 0.05) is 44.8 Å². The first-order valence-electron chi connectivity index (χ1n) is 8.19. The second kappa shape index (κ2) is 7.19. The maximum atomic E-state index is 12.8. The Bertz CT molecular complexity index is 550. The fourth-order valence-electron chi connectivity index (χ4n) is 3.39. The van der Waals surface area contributed by atoms with Gasteiger partial charge in [0.15, 0.2) is 0 Å². The maximum absolute atomic E-state index is 12.8. The molecule has 0 spiro atoms. The molecule has 0 saturated carbocycles. The highest BCUT2D eigenvalue weighted by molar-refractivity contribution is 5.97. The second-order valence-corrected chi connectivity index (χ2v) is 6.04. The minimum atomic E-state index is 0.0358. The van der Waals surface area contributed by atoms with Crippen molar-refractivity contribution < 1.29 is 14.3 Å². The van der Waals surface area contributed by atoms with Crippen molar-refractivity contribution in [2.24, 2.45) is 0 Å². The van der Waals surface area contributed by atoms with Crippen LogP contribution < -0.4 is 14.8 Å². The first kappa shape index (κ1) is 16.1. The van der Waals surface area contributed by atoms with E-state index in [4.69, 9.17) is 9.47 Å². The van der Waals surface area contributed by atoms with Crippen molar-refractivity contribution in [3.05, 3.63) is 23.8 Å². The first-order chi connectivity index (χ1) is 11.2. The number of nitrogens with zero attached hydrogens (tertiary/aromatic N) is 2. The molecule has 2 heterocycles. The summed E-state index contributed by atoms with van der Waals surface area (Å²) in [7, 11) is 3.18. The van der Waals surface area contributed by atoms with Crippen molar-refractivity contribution in [3.63, 3.8) is 0 Å². The molecule has 0 radical (unpaired) electrons. The molecule has 0 bridgehead atoms. The third-order valence-corrected chi connectivity index (χ3v) is 4.79.